The lowest BCUT2D eigenvalue weighted by atomic mass is 9.84. The Morgan fingerprint density at radius 2 is 1.90 bits per heavy atom. The second kappa shape index (κ2) is 8.33. The minimum Gasteiger partial charge on any atom is -0.384 e. The van der Waals surface area contributed by atoms with Crippen molar-refractivity contribution >= 4 is 21.6 Å². The number of hydrogen-bond donors (Lipinski definition) is 1. The average Bonchev–Trinajstić information content (AvgIpc) is 2.75. The van der Waals surface area contributed by atoms with Crippen LogP contribution in [0.3, 0.4) is 0 Å². The number of sulfonamides is 1. The van der Waals surface area contributed by atoms with Crippen LogP contribution >= 0.6 is 0 Å². The number of aromatic nitrogens is 1. The second-order valence-electron chi connectivity index (χ2n) is 7.81. The summed E-state index contributed by atoms with van der Waals surface area (Å²) < 4.78 is 34.2. The lowest BCUT2D eigenvalue weighted by Crippen LogP contribution is -2.49. The molecule has 160 valence electrons. The Labute approximate surface area is 175 Å². The summed E-state index contributed by atoms with van der Waals surface area (Å²) in [6.07, 6.45) is 1.02. The lowest BCUT2D eigenvalue weighted by Gasteiger charge is -2.42. The van der Waals surface area contributed by atoms with Gasteiger partial charge in [0.2, 0.25) is 15.9 Å². The van der Waals surface area contributed by atoms with Gasteiger partial charge in [-0.1, -0.05) is 18.2 Å². The van der Waals surface area contributed by atoms with Crippen molar-refractivity contribution in [2.45, 2.75) is 30.2 Å². The maximum Gasteiger partial charge on any atom is 0.274 e. The third-order valence-corrected chi connectivity index (χ3v) is 7.60. The molecule has 0 spiro atoms. The molecule has 4 rings (SSSR count). The molecule has 0 unspecified atom stereocenters. The molecule has 1 aromatic heterocycles. The van der Waals surface area contributed by atoms with Crippen LogP contribution in [0.1, 0.15) is 24.5 Å². The Morgan fingerprint density at radius 1 is 1.13 bits per heavy atom. The average molecular weight is 432 g/mol. The second-order valence-corrected chi connectivity index (χ2v) is 9.75. The number of carbonyl (C=O) groups is 1. The van der Waals surface area contributed by atoms with Crippen LogP contribution < -0.4 is 10.9 Å². The molecule has 0 saturated carbocycles. The third kappa shape index (κ3) is 3.92. The van der Waals surface area contributed by atoms with Crippen molar-refractivity contribution in [3.63, 3.8) is 0 Å². The van der Waals surface area contributed by atoms with E-state index in [-0.39, 0.29) is 46.9 Å². The van der Waals surface area contributed by atoms with Crippen molar-refractivity contribution in [1.82, 2.24) is 8.87 Å². The summed E-state index contributed by atoms with van der Waals surface area (Å²) in [5, 5.41) is 2.66. The van der Waals surface area contributed by atoms with Crippen molar-refractivity contribution in [1.29, 1.82) is 0 Å². The minimum atomic E-state index is -3.57. The van der Waals surface area contributed by atoms with Gasteiger partial charge < -0.3 is 14.6 Å². The molecule has 2 aliphatic heterocycles. The monoisotopic (exact) mass is 431 g/mol. The standard InChI is InChI=1S/C21H25N3O5S/c1-29-10-9-20(25)22-18-7-8-19-16-11-15(13-24(19)21(18)26)12-23(14-16)30(27,28)17-5-3-2-4-6-17/h2-8,15-16H,9-14H2,1H3,(H,22,25)/t15-,16-/m1/s1. The van der Waals surface area contributed by atoms with E-state index in [2.05, 4.69) is 5.32 Å². The molecule has 2 aromatic rings. The molecule has 0 radical (unpaired) electrons. The van der Waals surface area contributed by atoms with Gasteiger partial charge in [0.1, 0.15) is 5.69 Å². The number of hydrogen-bond acceptors (Lipinski definition) is 5. The van der Waals surface area contributed by atoms with Gasteiger partial charge in [-0.05, 0) is 36.6 Å². The molecule has 1 amide bonds. The largest absolute Gasteiger partial charge is 0.384 e. The Morgan fingerprint density at radius 3 is 2.63 bits per heavy atom. The van der Waals surface area contributed by atoms with Crippen molar-refractivity contribution in [3.8, 4) is 0 Å². The van der Waals surface area contributed by atoms with E-state index in [1.54, 1.807) is 41.0 Å². The van der Waals surface area contributed by atoms with Gasteiger partial charge in [-0.2, -0.15) is 4.31 Å². The van der Waals surface area contributed by atoms with Gasteiger partial charge in [0.25, 0.3) is 5.56 Å². The summed E-state index contributed by atoms with van der Waals surface area (Å²) >= 11 is 0. The van der Waals surface area contributed by atoms with E-state index in [9.17, 15) is 18.0 Å². The quantitative estimate of drug-likeness (QED) is 0.750. The molecule has 30 heavy (non-hydrogen) atoms. The Balaban J connectivity index is 1.58. The SMILES string of the molecule is COCCC(=O)Nc1ccc2n(c1=O)C[C@@H]1C[C@@H]2CN(S(=O)(=O)c2ccccc2)C1. The van der Waals surface area contributed by atoms with Gasteiger partial charge in [-0.3, -0.25) is 9.59 Å². The smallest absolute Gasteiger partial charge is 0.274 e. The number of benzene rings is 1. The Hall–Kier alpha value is -2.49. The van der Waals surface area contributed by atoms with Crippen molar-refractivity contribution in [2.24, 2.45) is 5.92 Å². The molecular formula is C21H25N3O5S. The molecule has 3 heterocycles. The van der Waals surface area contributed by atoms with E-state index in [0.29, 0.717) is 19.6 Å². The summed E-state index contributed by atoms with van der Waals surface area (Å²) in [5.74, 6) is -0.278. The van der Waals surface area contributed by atoms with Crippen LogP contribution in [-0.2, 0) is 26.1 Å². The first-order valence-electron chi connectivity index (χ1n) is 9.98. The fraction of sp³-hybridized carbons (Fsp3) is 0.429. The maximum absolute atomic E-state index is 13.1. The first-order chi connectivity index (χ1) is 14.4. The lowest BCUT2D eigenvalue weighted by molar-refractivity contribution is -0.117. The topological polar surface area (TPSA) is 97.7 Å². The van der Waals surface area contributed by atoms with Gasteiger partial charge in [-0.15, -0.1) is 0 Å². The number of pyridine rings is 1. The van der Waals surface area contributed by atoms with E-state index in [1.165, 1.54) is 11.4 Å². The zero-order valence-electron chi connectivity index (χ0n) is 16.8. The number of methoxy groups -OCH3 is 1. The van der Waals surface area contributed by atoms with Crippen molar-refractivity contribution in [3.05, 3.63) is 58.5 Å². The molecule has 1 saturated heterocycles. The van der Waals surface area contributed by atoms with Crippen LogP contribution in [0, 0.1) is 5.92 Å². The zero-order valence-corrected chi connectivity index (χ0v) is 17.6. The summed E-state index contributed by atoms with van der Waals surface area (Å²) in [5.41, 5.74) is 0.819. The van der Waals surface area contributed by atoms with Gasteiger partial charge in [-0.25, -0.2) is 8.42 Å². The van der Waals surface area contributed by atoms with Crippen LogP contribution in [0.25, 0.3) is 0 Å². The number of ether oxygens (including phenoxy) is 1. The normalized spacial score (nSPS) is 21.1. The van der Waals surface area contributed by atoms with Crippen molar-refractivity contribution < 1.29 is 17.9 Å². The number of nitrogens with zero attached hydrogens (tertiary/aromatic N) is 2. The summed E-state index contributed by atoms with van der Waals surface area (Å²) in [7, 11) is -2.06. The molecule has 2 aliphatic rings. The molecule has 2 atom stereocenters. The highest BCUT2D eigenvalue weighted by Crippen LogP contribution is 2.37. The third-order valence-electron chi connectivity index (χ3n) is 5.76. The van der Waals surface area contributed by atoms with E-state index in [4.69, 9.17) is 4.74 Å². The van der Waals surface area contributed by atoms with Gasteiger partial charge >= 0.3 is 0 Å². The van der Waals surface area contributed by atoms with Crippen LogP contribution in [0.5, 0.6) is 0 Å². The number of anilines is 1. The molecule has 1 N–H and O–H groups in total. The highest BCUT2D eigenvalue weighted by Gasteiger charge is 2.39. The predicted molar refractivity (Wildman–Crippen MR) is 112 cm³/mol. The van der Waals surface area contributed by atoms with Crippen molar-refractivity contribution in [2.75, 3.05) is 32.1 Å². The number of amides is 1. The molecule has 0 aliphatic carbocycles. The number of carbonyl (C=O) groups excluding carboxylic acids is 1. The molecule has 9 heteroatoms. The molecule has 1 aromatic carbocycles. The number of piperidine rings is 1. The Kier molecular flexibility index (Phi) is 5.77. The fourth-order valence-electron chi connectivity index (χ4n) is 4.34. The van der Waals surface area contributed by atoms with Crippen LogP contribution in [-0.4, -0.2) is 50.0 Å². The predicted octanol–water partition coefficient (Wildman–Crippen LogP) is 1.63. The summed E-state index contributed by atoms with van der Waals surface area (Å²) in [6.45, 7) is 1.44. The van der Waals surface area contributed by atoms with E-state index < -0.39 is 10.0 Å². The highest BCUT2D eigenvalue weighted by atomic mass is 32.2. The summed E-state index contributed by atoms with van der Waals surface area (Å²) in [6, 6.07) is 11.9. The van der Waals surface area contributed by atoms with Gasteiger partial charge in [0, 0.05) is 38.4 Å². The number of fused-ring (bicyclic) bond motifs is 4. The van der Waals surface area contributed by atoms with Crippen LogP contribution in [0.15, 0.2) is 52.2 Å². The first-order valence-corrected chi connectivity index (χ1v) is 11.4. The van der Waals surface area contributed by atoms with E-state index in [1.807, 2.05) is 6.07 Å². The van der Waals surface area contributed by atoms with Gasteiger partial charge in [0.15, 0.2) is 0 Å². The maximum atomic E-state index is 13.1. The van der Waals surface area contributed by atoms with Crippen LogP contribution in [0.4, 0.5) is 5.69 Å². The van der Waals surface area contributed by atoms with Gasteiger partial charge in [0.05, 0.1) is 17.9 Å². The minimum absolute atomic E-state index is 0.0480. The fourth-order valence-corrected chi connectivity index (χ4v) is 5.92. The number of nitrogens with one attached hydrogen (secondary N) is 1. The highest BCUT2D eigenvalue weighted by molar-refractivity contribution is 7.89. The Bertz CT molecular complexity index is 1100. The van der Waals surface area contributed by atoms with E-state index in [0.717, 1.165) is 12.1 Å². The molecule has 2 bridgehead atoms. The first kappa shape index (κ1) is 20.8. The summed E-state index contributed by atoms with van der Waals surface area (Å²) in [4.78, 5) is 25.2. The molecular weight excluding hydrogens is 406 g/mol. The zero-order chi connectivity index (χ0) is 21.3. The number of rotatable bonds is 6. The van der Waals surface area contributed by atoms with Crippen LogP contribution in [0.2, 0.25) is 0 Å². The molecule has 1 fully saturated rings. The molecule has 8 nitrogen and oxygen atoms in total. The van der Waals surface area contributed by atoms with E-state index >= 15 is 0 Å².